The van der Waals surface area contributed by atoms with Crippen LogP contribution >= 0.6 is 0 Å². The first kappa shape index (κ1) is 16.8. The van der Waals surface area contributed by atoms with Crippen LogP contribution in [0.4, 0.5) is 4.39 Å². The van der Waals surface area contributed by atoms with Crippen molar-refractivity contribution in [1.82, 2.24) is 9.97 Å². The average Bonchev–Trinajstić information content (AvgIpc) is 2.46. The number of rotatable bonds is 4. The Morgan fingerprint density at radius 1 is 1.14 bits per heavy atom. The summed E-state index contributed by atoms with van der Waals surface area (Å²) in [5.74, 6) is -0.254. The van der Waals surface area contributed by atoms with Crippen molar-refractivity contribution in [2.45, 2.75) is 45.5 Å². The summed E-state index contributed by atoms with van der Waals surface area (Å²) in [4.78, 5) is 7.89. The van der Waals surface area contributed by atoms with Gasteiger partial charge in [0.15, 0.2) is 8.32 Å². The van der Waals surface area contributed by atoms with Crippen LogP contribution in [0.2, 0.25) is 18.1 Å². The summed E-state index contributed by atoms with van der Waals surface area (Å²) < 4.78 is 20.8. The third-order valence-electron chi connectivity index (χ3n) is 4.34. The molecule has 1 aromatic carbocycles. The van der Waals surface area contributed by atoms with Crippen molar-refractivity contribution in [1.29, 1.82) is 0 Å². The van der Waals surface area contributed by atoms with Gasteiger partial charge in [-0.05, 0) is 18.1 Å². The minimum atomic E-state index is -1.90. The third kappa shape index (κ3) is 3.59. The van der Waals surface area contributed by atoms with E-state index in [2.05, 4.69) is 43.8 Å². The minimum absolute atomic E-state index is 0.106. The first-order chi connectivity index (χ1) is 10.2. The Kier molecular flexibility index (Phi) is 4.77. The lowest BCUT2D eigenvalue weighted by Crippen LogP contribution is -2.40. The predicted octanol–water partition coefficient (Wildman–Crippen LogP) is 4.80. The summed E-state index contributed by atoms with van der Waals surface area (Å²) in [7, 11) is -1.90. The molecule has 2 rings (SSSR count). The summed E-state index contributed by atoms with van der Waals surface area (Å²) in [5.41, 5.74) is 1.76. The topological polar surface area (TPSA) is 35.0 Å². The number of aromatic nitrogens is 2. The Morgan fingerprint density at radius 2 is 1.77 bits per heavy atom. The van der Waals surface area contributed by atoms with Gasteiger partial charge in [-0.25, -0.2) is 14.4 Å². The number of nitrogens with zero attached hydrogens (tertiary/aromatic N) is 2. The van der Waals surface area contributed by atoms with Gasteiger partial charge in [-0.3, -0.25) is 0 Å². The molecule has 118 valence electrons. The van der Waals surface area contributed by atoms with Gasteiger partial charge >= 0.3 is 0 Å². The number of hydrogen-bond acceptors (Lipinski definition) is 3. The van der Waals surface area contributed by atoms with Crippen LogP contribution in [0, 0.1) is 5.82 Å². The molecule has 0 aliphatic rings. The highest BCUT2D eigenvalue weighted by Gasteiger charge is 2.37. The van der Waals surface area contributed by atoms with E-state index in [0.717, 1.165) is 0 Å². The highest BCUT2D eigenvalue weighted by molar-refractivity contribution is 6.74. The third-order valence-corrected chi connectivity index (χ3v) is 8.82. The van der Waals surface area contributed by atoms with Crippen molar-refractivity contribution in [2.24, 2.45) is 0 Å². The molecule has 0 N–H and O–H groups in total. The zero-order valence-electron chi connectivity index (χ0n) is 13.9. The van der Waals surface area contributed by atoms with Gasteiger partial charge in [-0.1, -0.05) is 39.0 Å². The molecule has 22 heavy (non-hydrogen) atoms. The van der Waals surface area contributed by atoms with Gasteiger partial charge < -0.3 is 4.43 Å². The van der Waals surface area contributed by atoms with Gasteiger partial charge in [0.2, 0.25) is 0 Å². The number of halogens is 1. The van der Waals surface area contributed by atoms with Crippen LogP contribution < -0.4 is 0 Å². The monoisotopic (exact) mass is 318 g/mol. The molecule has 0 spiro atoms. The van der Waals surface area contributed by atoms with Crippen LogP contribution in [0.25, 0.3) is 11.1 Å². The van der Waals surface area contributed by atoms with Gasteiger partial charge in [-0.15, -0.1) is 0 Å². The summed E-state index contributed by atoms with van der Waals surface area (Å²) >= 11 is 0. The molecule has 0 saturated carbocycles. The maximum Gasteiger partial charge on any atom is 0.192 e. The average molecular weight is 318 g/mol. The fourth-order valence-corrected chi connectivity index (χ4v) is 2.78. The van der Waals surface area contributed by atoms with E-state index in [4.69, 9.17) is 4.43 Å². The molecule has 0 fully saturated rings. The highest BCUT2D eigenvalue weighted by Crippen LogP contribution is 2.37. The molecule has 0 bridgehead atoms. The summed E-state index contributed by atoms with van der Waals surface area (Å²) in [5, 5.41) is 0.106. The molecule has 0 saturated heterocycles. The first-order valence-corrected chi connectivity index (χ1v) is 10.3. The molecule has 0 aliphatic heterocycles. The van der Waals surface area contributed by atoms with Gasteiger partial charge in [0.1, 0.15) is 12.1 Å². The van der Waals surface area contributed by atoms with Crippen LogP contribution in [0.5, 0.6) is 0 Å². The molecule has 0 unspecified atom stereocenters. The normalized spacial score (nSPS) is 12.5. The van der Waals surface area contributed by atoms with E-state index in [9.17, 15) is 4.39 Å². The summed E-state index contributed by atoms with van der Waals surface area (Å²) in [6.45, 7) is 11.2. The largest absolute Gasteiger partial charge is 0.412 e. The lowest BCUT2D eigenvalue weighted by molar-refractivity contribution is 0.271. The second-order valence-corrected chi connectivity index (χ2v) is 11.8. The molecule has 0 amide bonds. The van der Waals surface area contributed by atoms with Crippen molar-refractivity contribution >= 4 is 8.32 Å². The van der Waals surface area contributed by atoms with Crippen molar-refractivity contribution in [3.63, 3.8) is 0 Å². The second-order valence-electron chi connectivity index (χ2n) is 6.95. The van der Waals surface area contributed by atoms with E-state index < -0.39 is 8.32 Å². The number of benzene rings is 1. The fraction of sp³-hybridized carbons (Fsp3) is 0.412. The zero-order valence-corrected chi connectivity index (χ0v) is 14.9. The minimum Gasteiger partial charge on any atom is -0.412 e. The van der Waals surface area contributed by atoms with Crippen molar-refractivity contribution in [3.8, 4) is 11.1 Å². The molecule has 1 aromatic heterocycles. The Balaban J connectivity index is 2.24. The van der Waals surface area contributed by atoms with Crippen LogP contribution in [0.1, 0.15) is 26.3 Å². The molecule has 3 nitrogen and oxygen atoms in total. The van der Waals surface area contributed by atoms with Crippen LogP contribution in [-0.4, -0.2) is 18.3 Å². The highest BCUT2D eigenvalue weighted by atomic mass is 28.4. The Labute approximate surface area is 132 Å². The van der Waals surface area contributed by atoms with Gasteiger partial charge in [0.25, 0.3) is 0 Å². The molecule has 0 radical (unpaired) electrons. The van der Waals surface area contributed by atoms with Crippen LogP contribution in [-0.2, 0) is 11.0 Å². The summed E-state index contributed by atoms with van der Waals surface area (Å²) in [6.07, 6.45) is 4.67. The smallest absolute Gasteiger partial charge is 0.192 e. The van der Waals surface area contributed by atoms with Crippen LogP contribution in [0.3, 0.4) is 0 Å². The van der Waals surface area contributed by atoms with Crippen LogP contribution in [0.15, 0.2) is 36.9 Å². The van der Waals surface area contributed by atoms with E-state index in [1.54, 1.807) is 24.5 Å². The lowest BCUT2D eigenvalue weighted by Gasteiger charge is -2.36. The second kappa shape index (κ2) is 6.26. The molecule has 0 aliphatic carbocycles. The number of hydrogen-bond donors (Lipinski definition) is 0. The first-order valence-electron chi connectivity index (χ1n) is 7.39. The maximum atomic E-state index is 14.7. The Morgan fingerprint density at radius 3 is 2.36 bits per heavy atom. The standard InChI is InChI=1S/C17H23FN2OSi/c1-17(2,3)22(4,5)21-11-13-7-6-8-15(16(13)18)14-9-19-12-20-10-14/h6-10,12H,11H2,1-5H3. The Hall–Kier alpha value is -1.59. The summed E-state index contributed by atoms with van der Waals surface area (Å²) in [6, 6.07) is 5.36. The fourth-order valence-electron chi connectivity index (χ4n) is 1.83. The quantitative estimate of drug-likeness (QED) is 0.759. The van der Waals surface area contributed by atoms with Gasteiger partial charge in [0, 0.05) is 29.1 Å². The maximum absolute atomic E-state index is 14.7. The van der Waals surface area contributed by atoms with E-state index in [1.807, 2.05) is 6.07 Å². The van der Waals surface area contributed by atoms with Crippen molar-refractivity contribution in [2.75, 3.05) is 0 Å². The van der Waals surface area contributed by atoms with E-state index in [0.29, 0.717) is 23.3 Å². The molecule has 0 atom stereocenters. The molecular formula is C17H23FN2OSi. The van der Waals surface area contributed by atoms with Gasteiger partial charge in [-0.2, -0.15) is 0 Å². The van der Waals surface area contributed by atoms with E-state index in [-0.39, 0.29) is 10.9 Å². The SMILES string of the molecule is CC(C)(C)[Si](C)(C)OCc1cccc(-c2cncnc2)c1F. The molecule has 5 heteroatoms. The zero-order chi connectivity index (χ0) is 16.4. The van der Waals surface area contributed by atoms with Gasteiger partial charge in [0.05, 0.1) is 6.61 Å². The van der Waals surface area contributed by atoms with E-state index >= 15 is 0 Å². The Bertz CT molecular complexity index is 639. The van der Waals surface area contributed by atoms with Crippen molar-refractivity contribution in [3.05, 3.63) is 48.3 Å². The predicted molar refractivity (Wildman–Crippen MR) is 89.4 cm³/mol. The lowest BCUT2D eigenvalue weighted by atomic mass is 10.1. The van der Waals surface area contributed by atoms with Crippen molar-refractivity contribution < 1.29 is 8.82 Å². The molecular weight excluding hydrogens is 295 g/mol. The van der Waals surface area contributed by atoms with E-state index in [1.165, 1.54) is 6.33 Å². The molecule has 1 heterocycles. The molecule has 2 aromatic rings.